The molecule has 0 unspecified atom stereocenters. The van der Waals surface area contributed by atoms with E-state index in [4.69, 9.17) is 4.42 Å². The number of likely N-dealkylation sites (tertiary alicyclic amines) is 1. The molecule has 1 aromatic heterocycles. The van der Waals surface area contributed by atoms with E-state index in [1.165, 1.54) is 23.1 Å². The number of hydrogen-bond donors (Lipinski definition) is 1. The first kappa shape index (κ1) is 29.1. The van der Waals surface area contributed by atoms with E-state index >= 15 is 0 Å². The van der Waals surface area contributed by atoms with Gasteiger partial charge in [0.2, 0.25) is 5.91 Å². The molecule has 9 nitrogen and oxygen atoms in total. The summed E-state index contributed by atoms with van der Waals surface area (Å²) in [5.41, 5.74) is -2.14. The number of carbonyl (C=O) groups excluding carboxylic acids is 4. The maximum Gasteiger partial charge on any atom is 0.416 e. The molecule has 2 fully saturated rings. The van der Waals surface area contributed by atoms with E-state index in [0.29, 0.717) is 29.5 Å². The molecule has 42 heavy (non-hydrogen) atoms. The zero-order valence-electron chi connectivity index (χ0n) is 23.0. The van der Waals surface area contributed by atoms with Crippen LogP contribution in [0.3, 0.4) is 0 Å². The van der Waals surface area contributed by atoms with Crippen molar-refractivity contribution in [3.63, 3.8) is 0 Å². The smallest absolute Gasteiger partial charge is 0.416 e. The van der Waals surface area contributed by atoms with Crippen LogP contribution in [0.15, 0.2) is 53.1 Å². The van der Waals surface area contributed by atoms with Crippen molar-refractivity contribution < 1.29 is 41.2 Å². The summed E-state index contributed by atoms with van der Waals surface area (Å²) < 4.78 is 59.2. The van der Waals surface area contributed by atoms with Gasteiger partial charge in [-0.05, 0) is 61.2 Å². The van der Waals surface area contributed by atoms with Gasteiger partial charge in [-0.25, -0.2) is 9.18 Å². The van der Waals surface area contributed by atoms with E-state index < -0.39 is 64.4 Å². The Labute approximate surface area is 238 Å². The van der Waals surface area contributed by atoms with Crippen molar-refractivity contribution in [2.75, 3.05) is 25.0 Å². The van der Waals surface area contributed by atoms with Gasteiger partial charge in [0.05, 0.1) is 17.4 Å². The zero-order valence-corrected chi connectivity index (χ0v) is 23.0. The minimum absolute atomic E-state index is 0.0627. The standard InChI is InChI=1S/C29H28F4N4O5/c1-16(2)23(34-24(38)20-15-18(29(31,32)33)4-6-21(20)30)25(39)36-11-9-28(10-12-36)26(40)35(3)27(41)37(28)19-5-7-22-17(14-19)8-13-42-22/h4-8,13-16,23H,9-12H2,1-3H3,(H,34,38)/t23-/m1/s1. The highest BCUT2D eigenvalue weighted by molar-refractivity contribution is 6.17. The second-order valence-corrected chi connectivity index (χ2v) is 10.9. The second kappa shape index (κ2) is 10.4. The van der Waals surface area contributed by atoms with Gasteiger partial charge in [-0.15, -0.1) is 0 Å². The van der Waals surface area contributed by atoms with E-state index in [-0.39, 0.29) is 25.9 Å². The number of urea groups is 1. The minimum Gasteiger partial charge on any atom is -0.464 e. The molecule has 5 amide bonds. The number of hydrogen-bond acceptors (Lipinski definition) is 5. The summed E-state index contributed by atoms with van der Waals surface area (Å²) in [5, 5.41) is 3.14. The fourth-order valence-corrected chi connectivity index (χ4v) is 5.62. The quantitative estimate of drug-likeness (QED) is 0.341. The Bertz CT molecular complexity index is 1580. The van der Waals surface area contributed by atoms with E-state index in [9.17, 15) is 36.7 Å². The first-order chi connectivity index (χ1) is 19.7. The SMILES string of the molecule is CC(C)[C@@H](NC(=O)c1cc(C(F)(F)F)ccc1F)C(=O)N1CCC2(CC1)C(=O)N(C)C(=O)N2c1ccc2occc2c1. The van der Waals surface area contributed by atoms with Gasteiger partial charge in [0, 0.05) is 31.2 Å². The predicted octanol–water partition coefficient (Wildman–Crippen LogP) is 4.80. The van der Waals surface area contributed by atoms with E-state index in [2.05, 4.69) is 5.32 Å². The molecule has 2 aliphatic rings. The van der Waals surface area contributed by atoms with Gasteiger partial charge < -0.3 is 14.6 Å². The molecule has 0 radical (unpaired) electrons. The third-order valence-corrected chi connectivity index (χ3v) is 7.96. The summed E-state index contributed by atoms with van der Waals surface area (Å²) in [4.78, 5) is 57.0. The Morgan fingerprint density at radius 2 is 1.71 bits per heavy atom. The number of fused-ring (bicyclic) bond motifs is 1. The number of nitrogens with zero attached hydrogens (tertiary/aromatic N) is 3. The third-order valence-electron chi connectivity index (χ3n) is 7.96. The topological polar surface area (TPSA) is 103 Å². The molecular weight excluding hydrogens is 560 g/mol. The molecular formula is C29H28F4N4O5. The Hall–Kier alpha value is -4.42. The first-order valence-corrected chi connectivity index (χ1v) is 13.3. The van der Waals surface area contributed by atoms with Crippen molar-refractivity contribution in [3.8, 4) is 0 Å². The molecule has 0 aliphatic carbocycles. The van der Waals surface area contributed by atoms with Crippen LogP contribution < -0.4 is 10.2 Å². The number of imide groups is 1. The van der Waals surface area contributed by atoms with Crippen molar-refractivity contribution in [1.29, 1.82) is 0 Å². The number of nitrogens with one attached hydrogen (secondary N) is 1. The number of furan rings is 1. The lowest BCUT2D eigenvalue weighted by molar-refractivity contribution is -0.139. The molecule has 3 aromatic rings. The van der Waals surface area contributed by atoms with Crippen molar-refractivity contribution in [2.24, 2.45) is 5.92 Å². The highest BCUT2D eigenvalue weighted by Gasteiger charge is 2.58. The van der Waals surface area contributed by atoms with Crippen LogP contribution in [0, 0.1) is 11.7 Å². The van der Waals surface area contributed by atoms with Crippen LogP contribution in [-0.2, 0) is 15.8 Å². The Morgan fingerprint density at radius 1 is 1.02 bits per heavy atom. The van der Waals surface area contributed by atoms with Crippen LogP contribution in [0.5, 0.6) is 0 Å². The number of benzene rings is 2. The molecule has 2 aliphatic heterocycles. The van der Waals surface area contributed by atoms with Crippen LogP contribution in [0.4, 0.5) is 28.0 Å². The summed E-state index contributed by atoms with van der Waals surface area (Å²) in [6, 6.07) is 6.70. The molecule has 1 N–H and O–H groups in total. The molecule has 2 aromatic carbocycles. The summed E-state index contributed by atoms with van der Waals surface area (Å²) >= 11 is 0. The fourth-order valence-electron chi connectivity index (χ4n) is 5.62. The number of alkyl halides is 3. The van der Waals surface area contributed by atoms with Crippen LogP contribution in [0.1, 0.15) is 42.6 Å². The average Bonchev–Trinajstić information content (AvgIpc) is 3.48. The summed E-state index contributed by atoms with van der Waals surface area (Å²) in [7, 11) is 1.40. The molecule has 1 atom stereocenters. The lowest BCUT2D eigenvalue weighted by Gasteiger charge is -2.43. The lowest BCUT2D eigenvalue weighted by Crippen LogP contribution is -2.60. The van der Waals surface area contributed by atoms with Crippen LogP contribution >= 0.6 is 0 Å². The van der Waals surface area contributed by atoms with Crippen LogP contribution in [0.25, 0.3) is 11.0 Å². The van der Waals surface area contributed by atoms with Gasteiger partial charge in [-0.3, -0.25) is 24.2 Å². The lowest BCUT2D eigenvalue weighted by atomic mass is 9.85. The minimum atomic E-state index is -4.79. The molecule has 5 rings (SSSR count). The van der Waals surface area contributed by atoms with E-state index in [1.54, 1.807) is 38.1 Å². The highest BCUT2D eigenvalue weighted by Crippen LogP contribution is 2.41. The number of piperidine rings is 1. The van der Waals surface area contributed by atoms with Crippen molar-refractivity contribution in [2.45, 2.75) is 44.4 Å². The number of anilines is 1. The summed E-state index contributed by atoms with van der Waals surface area (Å²) in [6.07, 6.45) is -3.05. The van der Waals surface area contributed by atoms with Gasteiger partial charge >= 0.3 is 12.2 Å². The summed E-state index contributed by atoms with van der Waals surface area (Å²) in [6.45, 7) is 3.40. The van der Waals surface area contributed by atoms with Crippen LogP contribution in [-0.4, -0.2) is 65.3 Å². The molecule has 2 saturated heterocycles. The average molecular weight is 589 g/mol. The Kier molecular flexibility index (Phi) is 7.23. The fraction of sp³-hybridized carbons (Fsp3) is 0.379. The maximum atomic E-state index is 14.3. The van der Waals surface area contributed by atoms with Crippen molar-refractivity contribution >= 4 is 40.4 Å². The monoisotopic (exact) mass is 588 g/mol. The first-order valence-electron chi connectivity index (χ1n) is 13.3. The van der Waals surface area contributed by atoms with Gasteiger partial charge in [0.25, 0.3) is 11.8 Å². The second-order valence-electron chi connectivity index (χ2n) is 10.9. The normalized spacial score (nSPS) is 18.0. The number of rotatable bonds is 5. The van der Waals surface area contributed by atoms with Gasteiger partial charge in [-0.1, -0.05) is 13.8 Å². The van der Waals surface area contributed by atoms with E-state index in [1.807, 2.05) is 0 Å². The Balaban J connectivity index is 1.35. The van der Waals surface area contributed by atoms with Crippen molar-refractivity contribution in [3.05, 3.63) is 65.7 Å². The molecule has 13 heteroatoms. The van der Waals surface area contributed by atoms with Gasteiger partial charge in [0.1, 0.15) is 23.0 Å². The van der Waals surface area contributed by atoms with Crippen molar-refractivity contribution in [1.82, 2.24) is 15.1 Å². The number of carbonyl (C=O) groups is 4. The van der Waals surface area contributed by atoms with Crippen LogP contribution in [0.2, 0.25) is 0 Å². The molecule has 0 saturated carbocycles. The molecule has 222 valence electrons. The molecule has 0 bridgehead atoms. The largest absolute Gasteiger partial charge is 0.464 e. The van der Waals surface area contributed by atoms with E-state index in [0.717, 1.165) is 10.3 Å². The number of halogens is 4. The zero-order chi connectivity index (χ0) is 30.6. The third kappa shape index (κ3) is 4.86. The maximum absolute atomic E-state index is 14.3. The van der Waals surface area contributed by atoms with Gasteiger partial charge in [-0.2, -0.15) is 13.2 Å². The number of likely N-dealkylation sites (N-methyl/N-ethyl adjacent to an activating group) is 1. The molecule has 1 spiro atoms. The summed E-state index contributed by atoms with van der Waals surface area (Å²) in [5.74, 6) is -3.74. The number of amides is 5. The highest BCUT2D eigenvalue weighted by atomic mass is 19.4. The predicted molar refractivity (Wildman–Crippen MR) is 143 cm³/mol. The Morgan fingerprint density at radius 3 is 2.36 bits per heavy atom. The van der Waals surface area contributed by atoms with Gasteiger partial charge in [0.15, 0.2) is 0 Å². The molecule has 3 heterocycles.